The van der Waals surface area contributed by atoms with Crippen LogP contribution in [0, 0.1) is 10.1 Å². The molecule has 2 aromatic carbocycles. The Balaban J connectivity index is 1.63. The number of carbonyl (C=O) groups is 1. The highest BCUT2D eigenvalue weighted by Gasteiger charge is 2.25. The molecule has 0 N–H and O–H groups in total. The summed E-state index contributed by atoms with van der Waals surface area (Å²) in [6, 6.07) is 16.2. The summed E-state index contributed by atoms with van der Waals surface area (Å²) in [6.45, 7) is 4.87. The predicted molar refractivity (Wildman–Crippen MR) is 95.4 cm³/mol. The summed E-state index contributed by atoms with van der Waals surface area (Å²) in [4.78, 5) is 27.2. The maximum atomic E-state index is 12.5. The number of carbonyl (C=O) groups excluding carboxylic acids is 1. The Kier molecular flexibility index (Phi) is 5.09. The lowest BCUT2D eigenvalue weighted by molar-refractivity contribution is -0.385. The van der Waals surface area contributed by atoms with Gasteiger partial charge in [0.15, 0.2) is 0 Å². The van der Waals surface area contributed by atoms with E-state index in [0.717, 1.165) is 18.7 Å². The highest BCUT2D eigenvalue weighted by Crippen LogP contribution is 2.25. The lowest BCUT2D eigenvalue weighted by atomic mass is 10.1. The predicted octanol–water partition coefficient (Wildman–Crippen LogP) is 3.11. The molecule has 0 spiro atoms. The van der Waals surface area contributed by atoms with Gasteiger partial charge in [0, 0.05) is 49.9 Å². The molecule has 1 fully saturated rings. The van der Waals surface area contributed by atoms with E-state index in [1.165, 1.54) is 6.07 Å². The van der Waals surface area contributed by atoms with Crippen molar-refractivity contribution >= 4 is 11.6 Å². The second-order valence-electron chi connectivity index (χ2n) is 6.22. The van der Waals surface area contributed by atoms with Crippen LogP contribution in [0.5, 0.6) is 0 Å². The lowest BCUT2D eigenvalue weighted by Gasteiger charge is -2.38. The normalized spacial score (nSPS) is 16.4. The summed E-state index contributed by atoms with van der Waals surface area (Å²) < 4.78 is 0. The van der Waals surface area contributed by atoms with Crippen molar-refractivity contribution in [1.29, 1.82) is 0 Å². The molecule has 1 aliphatic heterocycles. The van der Waals surface area contributed by atoms with E-state index in [2.05, 4.69) is 4.90 Å². The minimum absolute atomic E-state index is 0.0586. The molecule has 0 aliphatic carbocycles. The third-order valence-corrected chi connectivity index (χ3v) is 4.73. The van der Waals surface area contributed by atoms with Crippen molar-refractivity contribution in [1.82, 2.24) is 9.80 Å². The van der Waals surface area contributed by atoms with E-state index in [0.29, 0.717) is 18.7 Å². The highest BCUT2D eigenvalue weighted by atomic mass is 16.6. The second-order valence-corrected chi connectivity index (χ2v) is 6.22. The molecule has 2 aromatic rings. The molecule has 0 bridgehead atoms. The number of nitro benzene ring substituents is 1. The number of non-ortho nitro benzene ring substituents is 1. The first kappa shape index (κ1) is 17.1. The van der Waals surface area contributed by atoms with Crippen molar-refractivity contribution in [3.63, 3.8) is 0 Å². The molecule has 6 nitrogen and oxygen atoms in total. The number of nitro groups is 1. The maximum Gasteiger partial charge on any atom is 0.269 e. The summed E-state index contributed by atoms with van der Waals surface area (Å²) in [5.41, 5.74) is 1.75. The van der Waals surface area contributed by atoms with Crippen LogP contribution in [0.25, 0.3) is 0 Å². The van der Waals surface area contributed by atoms with Gasteiger partial charge in [-0.2, -0.15) is 0 Å². The number of hydrogen-bond donors (Lipinski definition) is 0. The topological polar surface area (TPSA) is 66.7 Å². The van der Waals surface area contributed by atoms with E-state index in [9.17, 15) is 14.9 Å². The minimum Gasteiger partial charge on any atom is -0.336 e. The molecular formula is C19H21N3O3. The zero-order valence-corrected chi connectivity index (χ0v) is 14.2. The van der Waals surface area contributed by atoms with Crippen LogP contribution in [0.2, 0.25) is 0 Å². The highest BCUT2D eigenvalue weighted by molar-refractivity contribution is 5.94. The van der Waals surface area contributed by atoms with Crippen molar-refractivity contribution in [3.05, 3.63) is 75.8 Å². The first-order chi connectivity index (χ1) is 12.1. The van der Waals surface area contributed by atoms with Crippen LogP contribution in [0.4, 0.5) is 5.69 Å². The van der Waals surface area contributed by atoms with Gasteiger partial charge in [0.1, 0.15) is 0 Å². The average molecular weight is 339 g/mol. The quantitative estimate of drug-likeness (QED) is 0.634. The minimum atomic E-state index is -0.368. The molecule has 0 radical (unpaired) electrons. The van der Waals surface area contributed by atoms with Crippen molar-refractivity contribution < 1.29 is 9.72 Å². The van der Waals surface area contributed by atoms with Crippen molar-refractivity contribution in [3.8, 4) is 0 Å². The first-order valence-electron chi connectivity index (χ1n) is 8.39. The summed E-state index contributed by atoms with van der Waals surface area (Å²) in [5.74, 6) is 0.0586. The molecule has 1 unspecified atom stereocenters. The van der Waals surface area contributed by atoms with E-state index in [1.807, 2.05) is 48.2 Å². The van der Waals surface area contributed by atoms with Gasteiger partial charge in [0.2, 0.25) is 0 Å². The molecular weight excluding hydrogens is 318 g/mol. The molecule has 1 saturated heterocycles. The van der Waals surface area contributed by atoms with Crippen molar-refractivity contribution in [2.75, 3.05) is 26.2 Å². The number of piperazine rings is 1. The second kappa shape index (κ2) is 7.44. The summed E-state index contributed by atoms with van der Waals surface area (Å²) >= 11 is 0. The van der Waals surface area contributed by atoms with Crippen LogP contribution in [0.3, 0.4) is 0 Å². The van der Waals surface area contributed by atoms with Crippen molar-refractivity contribution in [2.24, 2.45) is 0 Å². The molecule has 1 amide bonds. The van der Waals surface area contributed by atoms with Crippen LogP contribution < -0.4 is 0 Å². The van der Waals surface area contributed by atoms with Crippen LogP contribution in [-0.2, 0) is 0 Å². The number of amides is 1. The Hall–Kier alpha value is -2.73. The van der Waals surface area contributed by atoms with Gasteiger partial charge in [-0.05, 0) is 24.6 Å². The summed E-state index contributed by atoms with van der Waals surface area (Å²) in [6.07, 6.45) is 0. The Morgan fingerprint density at radius 3 is 2.36 bits per heavy atom. The molecule has 1 heterocycles. The summed E-state index contributed by atoms with van der Waals surface area (Å²) in [5, 5.41) is 11.0. The van der Waals surface area contributed by atoms with Crippen LogP contribution in [-0.4, -0.2) is 46.8 Å². The third kappa shape index (κ3) is 3.85. The molecule has 130 valence electrons. The first-order valence-corrected chi connectivity index (χ1v) is 8.39. The fraction of sp³-hybridized carbons (Fsp3) is 0.316. The Labute approximate surface area is 146 Å². The van der Waals surface area contributed by atoms with Gasteiger partial charge in [0.05, 0.1) is 4.92 Å². The molecule has 6 heteroatoms. The number of rotatable bonds is 4. The van der Waals surface area contributed by atoms with Gasteiger partial charge in [-0.1, -0.05) is 30.3 Å². The molecule has 1 aliphatic rings. The lowest BCUT2D eigenvalue weighted by Crippen LogP contribution is -2.49. The van der Waals surface area contributed by atoms with Crippen LogP contribution in [0.1, 0.15) is 28.9 Å². The van der Waals surface area contributed by atoms with Crippen LogP contribution >= 0.6 is 0 Å². The maximum absolute atomic E-state index is 12.5. The Morgan fingerprint density at radius 1 is 1.04 bits per heavy atom. The molecule has 3 rings (SSSR count). The van der Waals surface area contributed by atoms with Crippen LogP contribution in [0.15, 0.2) is 54.6 Å². The number of nitrogens with zero attached hydrogens (tertiary/aromatic N) is 3. The Bertz CT molecular complexity index is 756. The van der Waals surface area contributed by atoms with Gasteiger partial charge in [-0.3, -0.25) is 19.8 Å². The van der Waals surface area contributed by atoms with E-state index in [-0.39, 0.29) is 22.6 Å². The van der Waals surface area contributed by atoms with E-state index in [4.69, 9.17) is 0 Å². The van der Waals surface area contributed by atoms with Crippen molar-refractivity contribution in [2.45, 2.75) is 13.0 Å². The third-order valence-electron chi connectivity index (χ3n) is 4.73. The van der Waals surface area contributed by atoms with Gasteiger partial charge < -0.3 is 4.90 Å². The fourth-order valence-electron chi connectivity index (χ4n) is 3.18. The molecule has 0 aromatic heterocycles. The largest absolute Gasteiger partial charge is 0.336 e. The standard InChI is InChI=1S/C19H21N3O3/c1-15(17-8-5-9-18(14-17)22(24)25)20-10-12-21(13-11-20)19(23)16-6-3-2-4-7-16/h2-9,14-15H,10-13H2,1H3. The van der Waals surface area contributed by atoms with Gasteiger partial charge >= 0.3 is 0 Å². The SMILES string of the molecule is CC(c1cccc([N+](=O)[O-])c1)N1CCN(C(=O)c2ccccc2)CC1. The van der Waals surface area contributed by atoms with Gasteiger partial charge in [-0.25, -0.2) is 0 Å². The zero-order valence-electron chi connectivity index (χ0n) is 14.2. The number of benzene rings is 2. The smallest absolute Gasteiger partial charge is 0.269 e. The average Bonchev–Trinajstić information content (AvgIpc) is 2.67. The van der Waals surface area contributed by atoms with Gasteiger partial charge in [-0.15, -0.1) is 0 Å². The molecule has 25 heavy (non-hydrogen) atoms. The summed E-state index contributed by atoms with van der Waals surface area (Å²) in [7, 11) is 0. The Morgan fingerprint density at radius 2 is 1.72 bits per heavy atom. The van der Waals surface area contributed by atoms with E-state index >= 15 is 0 Å². The monoisotopic (exact) mass is 339 g/mol. The number of hydrogen-bond acceptors (Lipinski definition) is 4. The fourth-order valence-corrected chi connectivity index (χ4v) is 3.18. The van der Waals surface area contributed by atoms with E-state index < -0.39 is 0 Å². The zero-order chi connectivity index (χ0) is 17.8. The molecule has 1 atom stereocenters. The van der Waals surface area contributed by atoms with Gasteiger partial charge in [0.25, 0.3) is 11.6 Å². The molecule has 0 saturated carbocycles. The van der Waals surface area contributed by atoms with E-state index in [1.54, 1.807) is 12.1 Å².